The topological polar surface area (TPSA) is 58.5 Å². The smallest absolute Gasteiger partial charge is 0.267 e. The van der Waals surface area contributed by atoms with E-state index in [0.29, 0.717) is 10.6 Å². The van der Waals surface area contributed by atoms with Crippen molar-refractivity contribution in [1.29, 1.82) is 0 Å². The molecule has 0 aliphatic heterocycles. The predicted molar refractivity (Wildman–Crippen MR) is 47.0 cm³/mol. The van der Waals surface area contributed by atoms with Gasteiger partial charge >= 0.3 is 0 Å². The first kappa shape index (κ1) is 9.45. The van der Waals surface area contributed by atoms with Gasteiger partial charge in [0, 0.05) is 10.6 Å². The van der Waals surface area contributed by atoms with Crippen LogP contribution >= 0.6 is 11.6 Å². The van der Waals surface area contributed by atoms with Crippen molar-refractivity contribution in [2.45, 2.75) is 0 Å². The van der Waals surface area contributed by atoms with Crippen LogP contribution in [-0.2, 0) is 4.79 Å². The average Bonchev–Trinajstić information content (AvgIpc) is 2.15. The Morgan fingerprint density at radius 2 is 2.00 bits per heavy atom. The molecule has 0 heterocycles. The SMILES string of the molecule is O=C=NNC(=O)c1ccc(Cl)cc1. The average molecular weight is 197 g/mol. The summed E-state index contributed by atoms with van der Waals surface area (Å²) in [5.74, 6) is -0.472. The summed E-state index contributed by atoms with van der Waals surface area (Å²) in [6.07, 6.45) is 1.20. The van der Waals surface area contributed by atoms with E-state index in [1.165, 1.54) is 18.2 Å². The minimum absolute atomic E-state index is 0.378. The maximum Gasteiger partial charge on any atom is 0.272 e. The van der Waals surface area contributed by atoms with Crippen molar-refractivity contribution in [3.05, 3.63) is 34.9 Å². The van der Waals surface area contributed by atoms with E-state index in [-0.39, 0.29) is 0 Å². The lowest BCUT2D eigenvalue weighted by atomic mass is 10.2. The highest BCUT2D eigenvalue weighted by Crippen LogP contribution is 2.08. The fourth-order valence-corrected chi connectivity index (χ4v) is 0.865. The fourth-order valence-electron chi connectivity index (χ4n) is 0.739. The van der Waals surface area contributed by atoms with Crippen LogP contribution in [0.25, 0.3) is 0 Å². The maximum absolute atomic E-state index is 11.1. The molecule has 0 aliphatic carbocycles. The van der Waals surface area contributed by atoms with Gasteiger partial charge < -0.3 is 0 Å². The summed E-state index contributed by atoms with van der Waals surface area (Å²) in [5, 5.41) is 3.47. The first-order valence-electron chi connectivity index (χ1n) is 3.37. The number of benzene rings is 1. The number of nitrogens with zero attached hydrogens (tertiary/aromatic N) is 1. The molecule has 0 spiro atoms. The Balaban J connectivity index is 2.77. The molecule has 13 heavy (non-hydrogen) atoms. The van der Waals surface area contributed by atoms with Crippen LogP contribution < -0.4 is 5.43 Å². The van der Waals surface area contributed by atoms with E-state index < -0.39 is 5.91 Å². The number of nitrogens with one attached hydrogen (secondary N) is 1. The zero-order chi connectivity index (χ0) is 9.68. The lowest BCUT2D eigenvalue weighted by Crippen LogP contribution is -2.16. The summed E-state index contributed by atoms with van der Waals surface area (Å²) in [7, 11) is 0. The maximum atomic E-state index is 11.1. The number of rotatable bonds is 2. The van der Waals surface area contributed by atoms with Gasteiger partial charge in [0.05, 0.1) is 0 Å². The molecule has 1 aromatic carbocycles. The highest BCUT2D eigenvalue weighted by atomic mass is 35.5. The molecule has 1 rings (SSSR count). The Labute approximate surface area is 79.2 Å². The Morgan fingerprint density at radius 3 is 2.54 bits per heavy atom. The Hall–Kier alpha value is -1.64. The van der Waals surface area contributed by atoms with Gasteiger partial charge in [-0.05, 0) is 24.3 Å². The highest BCUT2D eigenvalue weighted by molar-refractivity contribution is 6.30. The van der Waals surface area contributed by atoms with Crippen LogP contribution in [0.3, 0.4) is 0 Å². The number of hydrogen-bond acceptors (Lipinski definition) is 3. The van der Waals surface area contributed by atoms with Crippen molar-refractivity contribution in [3.63, 3.8) is 0 Å². The van der Waals surface area contributed by atoms with Crippen LogP contribution in [0.1, 0.15) is 10.4 Å². The van der Waals surface area contributed by atoms with Gasteiger partial charge in [-0.15, -0.1) is 0 Å². The monoisotopic (exact) mass is 196 g/mol. The summed E-state index contributed by atoms with van der Waals surface area (Å²) in [6.45, 7) is 0. The van der Waals surface area contributed by atoms with Gasteiger partial charge in [0.2, 0.25) is 0 Å². The molecule has 0 radical (unpaired) electrons. The number of hydrazone groups is 1. The van der Waals surface area contributed by atoms with E-state index in [9.17, 15) is 9.59 Å². The summed E-state index contributed by atoms with van der Waals surface area (Å²) >= 11 is 5.60. The zero-order valence-electron chi connectivity index (χ0n) is 6.45. The third kappa shape index (κ3) is 2.71. The van der Waals surface area contributed by atoms with Crippen LogP contribution in [0.4, 0.5) is 0 Å². The van der Waals surface area contributed by atoms with Crippen molar-refractivity contribution >= 4 is 23.6 Å². The van der Waals surface area contributed by atoms with Gasteiger partial charge in [-0.1, -0.05) is 16.7 Å². The van der Waals surface area contributed by atoms with Gasteiger partial charge in [-0.3, -0.25) is 4.79 Å². The molecule has 0 saturated heterocycles. The van der Waals surface area contributed by atoms with Crippen molar-refractivity contribution < 1.29 is 9.59 Å². The second-order valence-corrected chi connectivity index (χ2v) is 2.59. The molecule has 1 N–H and O–H groups in total. The van der Waals surface area contributed by atoms with E-state index in [2.05, 4.69) is 5.10 Å². The normalized spacial score (nSPS) is 8.69. The van der Waals surface area contributed by atoms with E-state index in [0.717, 1.165) is 0 Å². The molecule has 0 aliphatic rings. The summed E-state index contributed by atoms with van der Waals surface area (Å²) < 4.78 is 0. The van der Waals surface area contributed by atoms with Gasteiger partial charge in [0.15, 0.2) is 0 Å². The van der Waals surface area contributed by atoms with Gasteiger partial charge in [-0.2, -0.15) is 0 Å². The molecule has 5 heteroatoms. The quantitative estimate of drug-likeness (QED) is 0.441. The number of isocyanates is 1. The third-order valence-corrected chi connectivity index (χ3v) is 1.56. The van der Waals surface area contributed by atoms with Crippen molar-refractivity contribution in [2.24, 2.45) is 5.10 Å². The lowest BCUT2D eigenvalue weighted by molar-refractivity contribution is 0.0954. The fraction of sp³-hybridized carbons (Fsp3) is 0. The second kappa shape index (κ2) is 4.40. The molecule has 0 aromatic heterocycles. The first-order valence-corrected chi connectivity index (χ1v) is 3.74. The van der Waals surface area contributed by atoms with Gasteiger partial charge in [-0.25, -0.2) is 10.2 Å². The van der Waals surface area contributed by atoms with Crippen molar-refractivity contribution in [2.75, 3.05) is 0 Å². The lowest BCUT2D eigenvalue weighted by Gasteiger charge is -1.96. The van der Waals surface area contributed by atoms with Gasteiger partial charge in [0.25, 0.3) is 12.0 Å². The Kier molecular flexibility index (Phi) is 3.20. The summed E-state index contributed by atoms with van der Waals surface area (Å²) in [6, 6.07) is 6.19. The van der Waals surface area contributed by atoms with Crippen molar-refractivity contribution in [3.8, 4) is 0 Å². The predicted octanol–water partition coefficient (Wildman–Crippen LogP) is 1.32. The van der Waals surface area contributed by atoms with Gasteiger partial charge in [0.1, 0.15) is 0 Å². The molecule has 1 aromatic rings. The van der Waals surface area contributed by atoms with Crippen LogP contribution in [0.5, 0.6) is 0 Å². The first-order chi connectivity index (χ1) is 6.24. The number of amides is 1. The molecule has 66 valence electrons. The molecule has 0 atom stereocenters. The molecule has 0 unspecified atom stereocenters. The van der Waals surface area contributed by atoms with E-state index in [1.54, 1.807) is 12.1 Å². The Morgan fingerprint density at radius 1 is 1.38 bits per heavy atom. The number of hydrogen-bond donors (Lipinski definition) is 1. The third-order valence-electron chi connectivity index (χ3n) is 1.31. The molecule has 0 fully saturated rings. The zero-order valence-corrected chi connectivity index (χ0v) is 7.21. The standard InChI is InChI=1S/C8H5ClN2O2/c9-7-3-1-6(2-4-7)8(13)11-10-5-12/h1-4H,(H,11,13). The second-order valence-electron chi connectivity index (χ2n) is 2.15. The van der Waals surface area contributed by atoms with E-state index >= 15 is 0 Å². The van der Waals surface area contributed by atoms with Crippen LogP contribution in [0.15, 0.2) is 29.4 Å². The van der Waals surface area contributed by atoms with Crippen molar-refractivity contribution in [1.82, 2.24) is 5.43 Å². The molecule has 1 amide bonds. The molecule has 0 bridgehead atoms. The molecular weight excluding hydrogens is 192 g/mol. The highest BCUT2D eigenvalue weighted by Gasteiger charge is 2.02. The summed E-state index contributed by atoms with van der Waals surface area (Å²) in [5.41, 5.74) is 2.37. The molecule has 4 nitrogen and oxygen atoms in total. The minimum atomic E-state index is -0.472. The van der Waals surface area contributed by atoms with E-state index in [1.807, 2.05) is 5.43 Å². The van der Waals surface area contributed by atoms with Crippen LogP contribution in [-0.4, -0.2) is 12.0 Å². The summed E-state index contributed by atoms with van der Waals surface area (Å²) in [4.78, 5) is 20.8. The minimum Gasteiger partial charge on any atom is -0.267 e. The van der Waals surface area contributed by atoms with Crippen LogP contribution in [0, 0.1) is 0 Å². The van der Waals surface area contributed by atoms with Crippen LogP contribution in [0.2, 0.25) is 5.02 Å². The largest absolute Gasteiger partial charge is 0.272 e. The number of halogens is 1. The molecule has 0 saturated carbocycles. The Bertz CT molecular complexity index is 355. The molecular formula is C8H5ClN2O2. The number of carbonyl (C=O) groups excluding carboxylic acids is 2. The number of carbonyl (C=O) groups is 1. The van der Waals surface area contributed by atoms with E-state index in [4.69, 9.17) is 11.6 Å².